The van der Waals surface area contributed by atoms with Gasteiger partial charge in [0, 0.05) is 11.1 Å². The molecule has 178 valence electrons. The zero-order valence-electron chi connectivity index (χ0n) is 17.8. The van der Waals surface area contributed by atoms with E-state index in [1.807, 2.05) is 0 Å². The highest BCUT2D eigenvalue weighted by atomic mass is 19.4. The average Bonchev–Trinajstić information content (AvgIpc) is 3.50. The fourth-order valence-corrected chi connectivity index (χ4v) is 3.56. The lowest BCUT2D eigenvalue weighted by Crippen LogP contribution is -2.04. The Labute approximate surface area is 193 Å². The van der Waals surface area contributed by atoms with E-state index in [9.17, 15) is 22.0 Å². The van der Waals surface area contributed by atoms with Gasteiger partial charge in [0.05, 0.1) is 24.6 Å². The third-order valence-electron chi connectivity index (χ3n) is 5.20. The Morgan fingerprint density at radius 1 is 0.943 bits per heavy atom. The monoisotopic (exact) mass is 487 g/mol. The first-order chi connectivity index (χ1) is 16.8. The molecule has 3 aromatic heterocycles. The Kier molecular flexibility index (Phi) is 5.42. The van der Waals surface area contributed by atoms with E-state index in [0.29, 0.717) is 11.3 Å². The van der Waals surface area contributed by atoms with Crippen LogP contribution in [-0.2, 0) is 6.18 Å². The van der Waals surface area contributed by atoms with Gasteiger partial charge in [-0.3, -0.25) is 0 Å². The predicted octanol–water partition coefficient (Wildman–Crippen LogP) is 6.08. The van der Waals surface area contributed by atoms with Gasteiger partial charge >= 0.3 is 6.18 Å². The summed E-state index contributed by atoms with van der Waals surface area (Å²) in [4.78, 5) is 4.47. The maximum atomic E-state index is 13.9. The van der Waals surface area contributed by atoms with Crippen LogP contribution in [0.3, 0.4) is 0 Å². The Hall–Kier alpha value is -4.35. The number of halogens is 5. The molecule has 0 saturated heterocycles. The minimum Gasteiger partial charge on any atom is -0.496 e. The van der Waals surface area contributed by atoms with Gasteiger partial charge in [-0.1, -0.05) is 18.2 Å². The first kappa shape index (κ1) is 22.4. The van der Waals surface area contributed by atoms with Gasteiger partial charge in [-0.15, -0.1) is 10.2 Å². The normalized spacial score (nSPS) is 12.0. The number of rotatable bonds is 5. The number of benzene rings is 2. The highest BCUT2D eigenvalue weighted by Crippen LogP contribution is 2.35. The van der Waals surface area contributed by atoms with E-state index < -0.39 is 23.9 Å². The fraction of sp³-hybridized carbons (Fsp3) is 0.130. The van der Waals surface area contributed by atoms with Crippen molar-refractivity contribution in [3.8, 4) is 39.9 Å². The summed E-state index contributed by atoms with van der Waals surface area (Å²) in [5.74, 6) is 0.105. The molecule has 0 saturated carbocycles. The summed E-state index contributed by atoms with van der Waals surface area (Å²) in [5, 5.41) is 11.7. The molecule has 0 atom stereocenters. The van der Waals surface area contributed by atoms with Gasteiger partial charge in [-0.2, -0.15) is 18.3 Å². The minimum absolute atomic E-state index is 0.00273. The third-order valence-corrected chi connectivity index (χ3v) is 5.20. The van der Waals surface area contributed by atoms with Crippen LogP contribution in [0.4, 0.5) is 22.0 Å². The van der Waals surface area contributed by atoms with Crippen LogP contribution >= 0.6 is 0 Å². The molecule has 0 N–H and O–H groups in total. The molecule has 5 aromatic rings. The Balaban J connectivity index is 1.64. The molecule has 35 heavy (non-hydrogen) atoms. The van der Waals surface area contributed by atoms with Crippen molar-refractivity contribution in [1.82, 2.24) is 24.8 Å². The molecule has 5 rings (SSSR count). The molecule has 0 aliphatic heterocycles. The topological polar surface area (TPSA) is 78.3 Å². The largest absolute Gasteiger partial charge is 0.496 e. The maximum absolute atomic E-state index is 13.9. The molecular weight excluding hydrogens is 473 g/mol. The number of ether oxygens (including phenoxy) is 1. The molecule has 7 nitrogen and oxygen atoms in total. The molecule has 0 bridgehead atoms. The van der Waals surface area contributed by atoms with Crippen molar-refractivity contribution in [2.24, 2.45) is 0 Å². The number of alkyl halides is 5. The van der Waals surface area contributed by atoms with Crippen LogP contribution in [0.15, 0.2) is 65.2 Å². The zero-order valence-corrected chi connectivity index (χ0v) is 17.8. The number of para-hydroxylation sites is 1. The quantitative estimate of drug-likeness (QED) is 0.280. The first-order valence-corrected chi connectivity index (χ1v) is 10.1. The van der Waals surface area contributed by atoms with E-state index in [1.165, 1.54) is 31.5 Å². The molecule has 3 heterocycles. The van der Waals surface area contributed by atoms with Crippen molar-refractivity contribution >= 4 is 5.65 Å². The number of fused-ring (bicyclic) bond motifs is 1. The molecule has 0 amide bonds. The second-order valence-corrected chi connectivity index (χ2v) is 7.35. The summed E-state index contributed by atoms with van der Waals surface area (Å²) in [6.45, 7) is 0. The van der Waals surface area contributed by atoms with Gasteiger partial charge in [0.15, 0.2) is 5.65 Å². The van der Waals surface area contributed by atoms with E-state index in [4.69, 9.17) is 9.15 Å². The first-order valence-electron chi connectivity index (χ1n) is 10.1. The summed E-state index contributed by atoms with van der Waals surface area (Å²) in [5.41, 5.74) is -0.454. The lowest BCUT2D eigenvalue weighted by Gasteiger charge is -2.11. The van der Waals surface area contributed by atoms with Crippen LogP contribution in [0, 0.1) is 0 Å². The third kappa shape index (κ3) is 4.07. The second-order valence-electron chi connectivity index (χ2n) is 7.35. The van der Waals surface area contributed by atoms with Crippen molar-refractivity contribution in [3.63, 3.8) is 0 Å². The number of methoxy groups -OCH3 is 1. The molecule has 0 aliphatic carbocycles. The second kappa shape index (κ2) is 8.46. The summed E-state index contributed by atoms with van der Waals surface area (Å²) >= 11 is 0. The Morgan fingerprint density at radius 2 is 1.71 bits per heavy atom. The zero-order chi connectivity index (χ0) is 24.7. The highest BCUT2D eigenvalue weighted by Gasteiger charge is 2.31. The maximum Gasteiger partial charge on any atom is 0.416 e. The molecule has 0 spiro atoms. The average molecular weight is 487 g/mol. The molecular formula is C23H14F5N5O2. The van der Waals surface area contributed by atoms with Gasteiger partial charge in [0.2, 0.25) is 5.89 Å². The number of nitrogens with zero attached hydrogens (tertiary/aromatic N) is 5. The van der Waals surface area contributed by atoms with Crippen LogP contribution in [0.5, 0.6) is 5.75 Å². The van der Waals surface area contributed by atoms with E-state index in [-0.39, 0.29) is 34.2 Å². The van der Waals surface area contributed by atoms with E-state index in [0.717, 1.165) is 16.6 Å². The van der Waals surface area contributed by atoms with Crippen molar-refractivity contribution in [1.29, 1.82) is 0 Å². The standard InChI is InChI=1S/C23H14F5N5O2/c1-34-18-8-3-2-7-14(18)16-10-17(19(24)25)33-20(30-16)15(11-29-33)22-32-31-21(35-22)12-5-4-6-13(9-12)23(26,27)28/h2-11,19H,1H3. The van der Waals surface area contributed by atoms with Crippen molar-refractivity contribution in [3.05, 3.63) is 72.1 Å². The lowest BCUT2D eigenvalue weighted by atomic mass is 10.1. The van der Waals surface area contributed by atoms with Crippen molar-refractivity contribution in [2.75, 3.05) is 7.11 Å². The Morgan fingerprint density at radius 3 is 2.46 bits per heavy atom. The van der Waals surface area contributed by atoms with Gasteiger partial charge in [-0.05, 0) is 36.4 Å². The summed E-state index contributed by atoms with van der Waals surface area (Å²) in [6.07, 6.45) is -6.21. The molecule has 2 aromatic carbocycles. The lowest BCUT2D eigenvalue weighted by molar-refractivity contribution is -0.137. The van der Waals surface area contributed by atoms with Crippen LogP contribution in [0.1, 0.15) is 17.7 Å². The molecule has 12 heteroatoms. The summed E-state index contributed by atoms with van der Waals surface area (Å²) in [6, 6.07) is 12.4. The van der Waals surface area contributed by atoms with Gasteiger partial charge in [0.25, 0.3) is 12.3 Å². The smallest absolute Gasteiger partial charge is 0.416 e. The number of hydrogen-bond donors (Lipinski definition) is 0. The molecule has 0 fully saturated rings. The van der Waals surface area contributed by atoms with Crippen LogP contribution in [0.25, 0.3) is 39.8 Å². The predicted molar refractivity (Wildman–Crippen MR) is 114 cm³/mol. The van der Waals surface area contributed by atoms with Crippen LogP contribution < -0.4 is 4.74 Å². The Bertz CT molecular complexity index is 1530. The van der Waals surface area contributed by atoms with E-state index >= 15 is 0 Å². The van der Waals surface area contributed by atoms with Crippen LogP contribution in [-0.4, -0.2) is 31.9 Å². The van der Waals surface area contributed by atoms with Crippen molar-refractivity contribution in [2.45, 2.75) is 12.6 Å². The van der Waals surface area contributed by atoms with Crippen molar-refractivity contribution < 1.29 is 31.1 Å². The van der Waals surface area contributed by atoms with Gasteiger partial charge < -0.3 is 9.15 Å². The molecule has 0 unspecified atom stereocenters. The summed E-state index contributed by atoms with van der Waals surface area (Å²) in [7, 11) is 1.45. The van der Waals surface area contributed by atoms with E-state index in [2.05, 4.69) is 20.3 Å². The number of hydrogen-bond acceptors (Lipinski definition) is 6. The molecule has 0 aliphatic rings. The summed E-state index contributed by atoms with van der Waals surface area (Å²) < 4.78 is 78.8. The number of aromatic nitrogens is 5. The highest BCUT2D eigenvalue weighted by molar-refractivity contribution is 5.76. The fourth-order valence-electron chi connectivity index (χ4n) is 3.56. The van der Waals surface area contributed by atoms with Crippen LogP contribution in [0.2, 0.25) is 0 Å². The molecule has 0 radical (unpaired) electrons. The van der Waals surface area contributed by atoms with Gasteiger partial charge in [0.1, 0.15) is 17.0 Å². The minimum atomic E-state index is -4.55. The van der Waals surface area contributed by atoms with E-state index in [1.54, 1.807) is 24.3 Å². The van der Waals surface area contributed by atoms with Gasteiger partial charge in [-0.25, -0.2) is 18.3 Å². The SMILES string of the molecule is COc1ccccc1-c1cc(C(F)F)n2ncc(-c3nnc(-c4cccc(C(F)(F)F)c4)o3)c2n1.